The van der Waals surface area contributed by atoms with E-state index in [1.165, 1.54) is 0 Å². The fourth-order valence-corrected chi connectivity index (χ4v) is 1.43. The van der Waals surface area contributed by atoms with Crippen molar-refractivity contribution >= 4 is 23.2 Å². The quantitative estimate of drug-likeness (QED) is 0.799. The van der Waals surface area contributed by atoms with Gasteiger partial charge < -0.3 is 15.4 Å². The zero-order valence-corrected chi connectivity index (χ0v) is 10.9. The minimum Gasteiger partial charge on any atom is -0.497 e. The average molecular weight is 252 g/mol. The van der Waals surface area contributed by atoms with Gasteiger partial charge in [-0.1, -0.05) is 12.1 Å². The number of hydrogen-bond acceptors (Lipinski definition) is 3. The van der Waals surface area contributed by atoms with Crippen LogP contribution in [0.5, 0.6) is 5.75 Å². The van der Waals surface area contributed by atoms with Crippen LogP contribution in [0.4, 0.5) is 0 Å². The summed E-state index contributed by atoms with van der Waals surface area (Å²) in [4.78, 5) is 11.8. The second-order valence-corrected chi connectivity index (χ2v) is 3.97. The van der Waals surface area contributed by atoms with E-state index in [-0.39, 0.29) is 11.8 Å². The first-order valence-corrected chi connectivity index (χ1v) is 5.65. The molecule has 1 aromatic carbocycles. The summed E-state index contributed by atoms with van der Waals surface area (Å²) in [5.41, 5.74) is 0.919. The van der Waals surface area contributed by atoms with Crippen molar-refractivity contribution < 1.29 is 9.53 Å². The van der Waals surface area contributed by atoms with E-state index in [0.717, 1.165) is 11.3 Å². The third-order valence-electron chi connectivity index (χ3n) is 2.47. The normalized spacial score (nSPS) is 11.5. The van der Waals surface area contributed by atoms with Crippen LogP contribution >= 0.6 is 12.2 Å². The molecule has 0 aliphatic heterocycles. The van der Waals surface area contributed by atoms with Gasteiger partial charge in [0.05, 0.1) is 13.0 Å². The summed E-state index contributed by atoms with van der Waals surface area (Å²) in [6, 6.07) is 7.39. The number of carbonyl (C=O) groups is 1. The Balaban J connectivity index is 2.71. The van der Waals surface area contributed by atoms with E-state index in [0.29, 0.717) is 5.11 Å². The number of rotatable bonds is 3. The lowest BCUT2D eigenvalue weighted by molar-refractivity contribution is -0.120. The number of hydrogen-bond donors (Lipinski definition) is 2. The topological polar surface area (TPSA) is 50.4 Å². The smallest absolute Gasteiger partial charge is 0.233 e. The fraction of sp³-hybridized carbons (Fsp3) is 0.333. The van der Waals surface area contributed by atoms with Crippen LogP contribution in [0, 0.1) is 0 Å². The van der Waals surface area contributed by atoms with E-state index in [1.807, 2.05) is 31.2 Å². The van der Waals surface area contributed by atoms with Crippen LogP contribution in [0.25, 0.3) is 0 Å². The van der Waals surface area contributed by atoms with Crippen molar-refractivity contribution in [2.75, 3.05) is 14.2 Å². The highest BCUT2D eigenvalue weighted by Crippen LogP contribution is 2.19. The lowest BCUT2D eigenvalue weighted by Gasteiger charge is -2.13. The van der Waals surface area contributed by atoms with Crippen molar-refractivity contribution in [2.24, 2.45) is 0 Å². The second kappa shape index (κ2) is 6.20. The fourth-order valence-electron chi connectivity index (χ4n) is 1.33. The van der Waals surface area contributed by atoms with Crippen molar-refractivity contribution in [3.8, 4) is 5.75 Å². The summed E-state index contributed by atoms with van der Waals surface area (Å²) in [6.07, 6.45) is 0. The summed E-state index contributed by atoms with van der Waals surface area (Å²) >= 11 is 4.88. The van der Waals surface area contributed by atoms with Crippen LogP contribution in [-0.2, 0) is 4.79 Å². The molecule has 0 aliphatic rings. The maximum absolute atomic E-state index is 11.8. The summed E-state index contributed by atoms with van der Waals surface area (Å²) in [6.45, 7) is 1.83. The van der Waals surface area contributed by atoms with Crippen LogP contribution in [0.3, 0.4) is 0 Å². The van der Waals surface area contributed by atoms with Crippen molar-refractivity contribution in [1.82, 2.24) is 10.6 Å². The lowest BCUT2D eigenvalue weighted by Crippen LogP contribution is -2.39. The number of nitrogens with one attached hydrogen (secondary N) is 2. The molecule has 4 nitrogen and oxygen atoms in total. The van der Waals surface area contributed by atoms with Gasteiger partial charge in [0.1, 0.15) is 5.75 Å². The minimum atomic E-state index is -0.257. The molecule has 1 amide bonds. The number of thiocarbonyl (C=S) groups is 1. The average Bonchev–Trinajstić information content (AvgIpc) is 2.37. The molecular formula is C12H16N2O2S. The predicted molar refractivity (Wildman–Crippen MR) is 71.2 cm³/mol. The molecule has 0 aromatic heterocycles. The highest BCUT2D eigenvalue weighted by molar-refractivity contribution is 7.80. The lowest BCUT2D eigenvalue weighted by atomic mass is 10.0. The van der Waals surface area contributed by atoms with E-state index >= 15 is 0 Å². The van der Waals surface area contributed by atoms with Gasteiger partial charge in [-0.2, -0.15) is 0 Å². The summed E-state index contributed by atoms with van der Waals surface area (Å²) in [5, 5.41) is 5.64. The number of methoxy groups -OCH3 is 1. The molecule has 0 fully saturated rings. The van der Waals surface area contributed by atoms with Gasteiger partial charge in [-0.3, -0.25) is 4.79 Å². The van der Waals surface area contributed by atoms with E-state index in [4.69, 9.17) is 17.0 Å². The summed E-state index contributed by atoms with van der Waals surface area (Å²) in [7, 11) is 3.27. The van der Waals surface area contributed by atoms with Gasteiger partial charge in [-0.05, 0) is 36.8 Å². The molecule has 0 heterocycles. The van der Waals surface area contributed by atoms with Gasteiger partial charge >= 0.3 is 0 Å². The first kappa shape index (κ1) is 13.4. The Hall–Kier alpha value is -1.62. The Kier molecular flexibility index (Phi) is 4.90. The highest BCUT2D eigenvalue weighted by atomic mass is 32.1. The maximum atomic E-state index is 11.8. The maximum Gasteiger partial charge on any atom is 0.233 e. The molecule has 1 aromatic rings. The first-order chi connectivity index (χ1) is 8.08. The highest BCUT2D eigenvalue weighted by Gasteiger charge is 2.15. The van der Waals surface area contributed by atoms with E-state index in [9.17, 15) is 4.79 Å². The molecule has 5 heteroatoms. The van der Waals surface area contributed by atoms with Gasteiger partial charge in [0, 0.05) is 7.05 Å². The first-order valence-electron chi connectivity index (χ1n) is 5.25. The molecule has 92 valence electrons. The van der Waals surface area contributed by atoms with Gasteiger partial charge in [0.2, 0.25) is 5.91 Å². The molecule has 0 spiro atoms. The van der Waals surface area contributed by atoms with Gasteiger partial charge in [-0.25, -0.2) is 0 Å². The Morgan fingerprint density at radius 1 is 1.35 bits per heavy atom. The van der Waals surface area contributed by atoms with E-state index < -0.39 is 0 Å². The Labute approximate surface area is 106 Å². The molecule has 0 saturated heterocycles. The van der Waals surface area contributed by atoms with Crippen molar-refractivity contribution in [3.05, 3.63) is 29.8 Å². The number of ether oxygens (including phenoxy) is 1. The van der Waals surface area contributed by atoms with Crippen molar-refractivity contribution in [2.45, 2.75) is 12.8 Å². The zero-order valence-electron chi connectivity index (χ0n) is 10.1. The van der Waals surface area contributed by atoms with Crippen molar-refractivity contribution in [3.63, 3.8) is 0 Å². The number of benzene rings is 1. The SMILES string of the molecule is CNC(=S)NC(=O)C(C)c1ccc(OC)cc1. The van der Waals surface area contributed by atoms with Crippen LogP contribution in [0.2, 0.25) is 0 Å². The molecule has 1 unspecified atom stereocenters. The Bertz CT molecular complexity index is 403. The molecule has 1 rings (SSSR count). The van der Waals surface area contributed by atoms with Crippen molar-refractivity contribution in [1.29, 1.82) is 0 Å². The van der Waals surface area contributed by atoms with Crippen LogP contribution in [-0.4, -0.2) is 25.2 Å². The molecule has 0 bridgehead atoms. The van der Waals surface area contributed by atoms with Crippen LogP contribution in [0.15, 0.2) is 24.3 Å². The third-order valence-corrected chi connectivity index (χ3v) is 2.78. The minimum absolute atomic E-state index is 0.130. The monoisotopic (exact) mass is 252 g/mol. The standard InChI is InChI=1S/C12H16N2O2S/c1-8(11(15)14-12(17)13-2)9-4-6-10(16-3)7-5-9/h4-8H,1-3H3,(H2,13,14,15,17). The van der Waals surface area contributed by atoms with Gasteiger partial charge in [0.15, 0.2) is 5.11 Å². The van der Waals surface area contributed by atoms with Gasteiger partial charge in [0.25, 0.3) is 0 Å². The second-order valence-electron chi connectivity index (χ2n) is 3.56. The Morgan fingerprint density at radius 2 is 1.94 bits per heavy atom. The molecule has 17 heavy (non-hydrogen) atoms. The predicted octanol–water partition coefficient (Wildman–Crippen LogP) is 1.42. The number of amides is 1. The third kappa shape index (κ3) is 3.71. The molecule has 0 saturated carbocycles. The van der Waals surface area contributed by atoms with E-state index in [2.05, 4.69) is 10.6 Å². The molecule has 1 atom stereocenters. The van der Waals surface area contributed by atoms with Crippen LogP contribution in [0.1, 0.15) is 18.4 Å². The zero-order chi connectivity index (χ0) is 12.8. The molecule has 0 aliphatic carbocycles. The molecular weight excluding hydrogens is 236 g/mol. The summed E-state index contributed by atoms with van der Waals surface area (Å²) in [5.74, 6) is 0.383. The number of carbonyl (C=O) groups excluding carboxylic acids is 1. The summed E-state index contributed by atoms with van der Waals surface area (Å²) < 4.78 is 5.06. The van der Waals surface area contributed by atoms with Gasteiger partial charge in [-0.15, -0.1) is 0 Å². The Morgan fingerprint density at radius 3 is 2.41 bits per heavy atom. The van der Waals surface area contributed by atoms with Crippen LogP contribution < -0.4 is 15.4 Å². The molecule has 2 N–H and O–H groups in total. The van der Waals surface area contributed by atoms with E-state index in [1.54, 1.807) is 14.2 Å². The molecule has 0 radical (unpaired) electrons. The largest absolute Gasteiger partial charge is 0.497 e.